The van der Waals surface area contributed by atoms with E-state index >= 15 is 0 Å². The first-order valence-corrected chi connectivity index (χ1v) is 4.46. The average molecular weight is 194 g/mol. The van der Waals surface area contributed by atoms with E-state index in [0.717, 1.165) is 11.8 Å². The van der Waals surface area contributed by atoms with Gasteiger partial charge in [0.1, 0.15) is 12.0 Å². The molecule has 0 saturated carbocycles. The molecule has 0 aromatic heterocycles. The fourth-order valence-corrected chi connectivity index (χ4v) is 1.44. The zero-order valence-corrected chi connectivity index (χ0v) is 8.36. The van der Waals surface area contributed by atoms with Gasteiger partial charge in [-0.3, -0.25) is 0 Å². The van der Waals surface area contributed by atoms with E-state index in [1.807, 2.05) is 12.1 Å². The number of hydrogen-bond donors (Lipinski definition) is 1. The van der Waals surface area contributed by atoms with Crippen molar-refractivity contribution in [1.29, 1.82) is 0 Å². The number of methoxy groups -OCH3 is 1. The number of ether oxygens (including phenoxy) is 1. The van der Waals surface area contributed by atoms with Gasteiger partial charge in [0.15, 0.2) is 0 Å². The quantitative estimate of drug-likeness (QED) is 0.739. The van der Waals surface area contributed by atoms with Crippen molar-refractivity contribution >= 4 is 6.29 Å². The van der Waals surface area contributed by atoms with Crippen LogP contribution in [-0.2, 0) is 11.4 Å². The summed E-state index contributed by atoms with van der Waals surface area (Å²) < 4.78 is 5.10. The Balaban J connectivity index is 3.21. The van der Waals surface area contributed by atoms with Gasteiger partial charge in [-0.2, -0.15) is 0 Å². The van der Waals surface area contributed by atoms with Crippen LogP contribution in [-0.4, -0.2) is 18.5 Å². The number of rotatable bonds is 4. The Kier molecular flexibility index (Phi) is 3.65. The van der Waals surface area contributed by atoms with Gasteiger partial charge in [-0.1, -0.05) is 19.1 Å². The summed E-state index contributed by atoms with van der Waals surface area (Å²) in [5, 5.41) is 9.18. The van der Waals surface area contributed by atoms with Gasteiger partial charge in [-0.25, -0.2) is 0 Å². The molecule has 0 aliphatic carbocycles. The Bertz CT molecular complexity index is 320. The molecule has 1 unspecified atom stereocenters. The van der Waals surface area contributed by atoms with E-state index in [1.54, 1.807) is 20.1 Å². The first kappa shape index (κ1) is 10.7. The molecule has 3 heteroatoms. The lowest BCUT2D eigenvalue weighted by Crippen LogP contribution is -2.02. The summed E-state index contributed by atoms with van der Waals surface area (Å²) in [6, 6.07) is 5.41. The Hall–Kier alpha value is -1.35. The minimum atomic E-state index is -0.216. The lowest BCUT2D eigenvalue weighted by molar-refractivity contribution is -0.108. The van der Waals surface area contributed by atoms with Gasteiger partial charge in [0, 0.05) is 11.5 Å². The second-order valence-electron chi connectivity index (χ2n) is 3.11. The largest absolute Gasteiger partial charge is 0.496 e. The average Bonchev–Trinajstić information content (AvgIpc) is 2.26. The lowest BCUT2D eigenvalue weighted by atomic mass is 9.96. The van der Waals surface area contributed by atoms with Gasteiger partial charge in [0.25, 0.3) is 0 Å². The summed E-state index contributed by atoms with van der Waals surface area (Å²) in [6.07, 6.45) is 0.855. The highest BCUT2D eigenvalue weighted by molar-refractivity contribution is 5.63. The minimum Gasteiger partial charge on any atom is -0.496 e. The molecule has 1 N–H and O–H groups in total. The highest BCUT2D eigenvalue weighted by Crippen LogP contribution is 2.26. The summed E-state index contributed by atoms with van der Waals surface area (Å²) >= 11 is 0. The molecular weight excluding hydrogens is 180 g/mol. The van der Waals surface area contributed by atoms with Gasteiger partial charge in [0.05, 0.1) is 13.7 Å². The summed E-state index contributed by atoms with van der Waals surface area (Å²) in [5.74, 6) is 0.408. The molecule has 0 bridgehead atoms. The number of aliphatic hydroxyl groups excluding tert-OH is 1. The number of aliphatic hydroxyl groups is 1. The third-order valence-corrected chi connectivity index (χ3v) is 2.24. The molecule has 0 aliphatic rings. The summed E-state index contributed by atoms with van der Waals surface area (Å²) in [5.41, 5.74) is 1.51. The number of carbonyl (C=O) groups is 1. The smallest absolute Gasteiger partial charge is 0.127 e. The van der Waals surface area contributed by atoms with Crippen LogP contribution in [0.3, 0.4) is 0 Å². The van der Waals surface area contributed by atoms with Crippen LogP contribution < -0.4 is 4.74 Å². The van der Waals surface area contributed by atoms with E-state index in [1.165, 1.54) is 0 Å². The van der Waals surface area contributed by atoms with Crippen molar-refractivity contribution in [3.8, 4) is 5.75 Å². The molecule has 0 radical (unpaired) electrons. The molecule has 76 valence electrons. The van der Waals surface area contributed by atoms with Crippen LogP contribution in [0.5, 0.6) is 5.75 Å². The zero-order valence-electron chi connectivity index (χ0n) is 8.36. The maximum absolute atomic E-state index is 10.7. The van der Waals surface area contributed by atoms with E-state index in [4.69, 9.17) is 4.74 Å². The topological polar surface area (TPSA) is 46.5 Å². The normalized spacial score (nSPS) is 12.2. The number of aldehydes is 1. The molecule has 0 saturated heterocycles. The third kappa shape index (κ3) is 1.93. The molecule has 1 aromatic rings. The highest BCUT2D eigenvalue weighted by atomic mass is 16.5. The predicted octanol–water partition coefficient (Wildman–Crippen LogP) is 1.49. The molecule has 0 heterocycles. The van der Waals surface area contributed by atoms with E-state index in [-0.39, 0.29) is 12.5 Å². The Labute approximate surface area is 83.3 Å². The summed E-state index contributed by atoms with van der Waals surface area (Å²) in [7, 11) is 1.55. The molecule has 0 aliphatic heterocycles. The van der Waals surface area contributed by atoms with Crippen LogP contribution in [0.25, 0.3) is 0 Å². The van der Waals surface area contributed by atoms with Crippen LogP contribution in [0.2, 0.25) is 0 Å². The van der Waals surface area contributed by atoms with Gasteiger partial charge < -0.3 is 14.6 Å². The van der Waals surface area contributed by atoms with Crippen LogP contribution >= 0.6 is 0 Å². The predicted molar refractivity (Wildman–Crippen MR) is 53.4 cm³/mol. The Morgan fingerprint density at radius 1 is 1.57 bits per heavy atom. The Morgan fingerprint density at radius 2 is 2.29 bits per heavy atom. The van der Waals surface area contributed by atoms with Crippen molar-refractivity contribution in [2.45, 2.75) is 19.4 Å². The van der Waals surface area contributed by atoms with Gasteiger partial charge in [-0.05, 0) is 11.6 Å². The second kappa shape index (κ2) is 4.77. The maximum atomic E-state index is 10.7. The fraction of sp³-hybridized carbons (Fsp3) is 0.364. The first-order valence-electron chi connectivity index (χ1n) is 4.46. The van der Waals surface area contributed by atoms with Crippen molar-refractivity contribution in [2.24, 2.45) is 0 Å². The zero-order chi connectivity index (χ0) is 10.6. The van der Waals surface area contributed by atoms with E-state index in [2.05, 4.69) is 0 Å². The molecule has 0 spiro atoms. The monoisotopic (exact) mass is 194 g/mol. The number of benzene rings is 1. The van der Waals surface area contributed by atoms with Crippen LogP contribution in [0.15, 0.2) is 18.2 Å². The molecule has 1 atom stereocenters. The number of hydrogen-bond acceptors (Lipinski definition) is 3. The van der Waals surface area contributed by atoms with Gasteiger partial charge in [-0.15, -0.1) is 0 Å². The standard InChI is InChI=1S/C11H14O3/c1-8(6-12)9-4-3-5-11(14-2)10(9)7-13/h3-6,8,13H,7H2,1-2H3. The Morgan fingerprint density at radius 3 is 2.79 bits per heavy atom. The van der Waals surface area contributed by atoms with Crippen LogP contribution in [0, 0.1) is 0 Å². The fourth-order valence-electron chi connectivity index (χ4n) is 1.44. The van der Waals surface area contributed by atoms with Crippen molar-refractivity contribution in [3.05, 3.63) is 29.3 Å². The second-order valence-corrected chi connectivity index (χ2v) is 3.11. The van der Waals surface area contributed by atoms with Crippen LogP contribution in [0.4, 0.5) is 0 Å². The maximum Gasteiger partial charge on any atom is 0.127 e. The molecule has 1 aromatic carbocycles. The van der Waals surface area contributed by atoms with E-state index in [9.17, 15) is 9.90 Å². The van der Waals surface area contributed by atoms with Crippen molar-refractivity contribution in [3.63, 3.8) is 0 Å². The first-order chi connectivity index (χ1) is 6.74. The van der Waals surface area contributed by atoms with E-state index < -0.39 is 0 Å². The lowest BCUT2D eigenvalue weighted by Gasteiger charge is -2.13. The molecule has 3 nitrogen and oxygen atoms in total. The molecule has 14 heavy (non-hydrogen) atoms. The molecular formula is C11H14O3. The summed E-state index contributed by atoms with van der Waals surface area (Å²) in [6.45, 7) is 1.68. The van der Waals surface area contributed by atoms with Crippen LogP contribution in [0.1, 0.15) is 24.0 Å². The van der Waals surface area contributed by atoms with Crippen molar-refractivity contribution in [2.75, 3.05) is 7.11 Å². The third-order valence-electron chi connectivity index (χ3n) is 2.24. The number of carbonyl (C=O) groups excluding carboxylic acids is 1. The van der Waals surface area contributed by atoms with Crippen molar-refractivity contribution < 1.29 is 14.6 Å². The van der Waals surface area contributed by atoms with E-state index in [0.29, 0.717) is 11.3 Å². The minimum absolute atomic E-state index is 0.114. The van der Waals surface area contributed by atoms with Gasteiger partial charge in [0.2, 0.25) is 0 Å². The highest BCUT2D eigenvalue weighted by Gasteiger charge is 2.12. The molecule has 1 rings (SSSR count). The van der Waals surface area contributed by atoms with Gasteiger partial charge >= 0.3 is 0 Å². The summed E-state index contributed by atoms with van der Waals surface area (Å²) in [4.78, 5) is 10.7. The molecule has 0 amide bonds. The molecule has 0 fully saturated rings. The SMILES string of the molecule is COc1cccc(C(C)C=O)c1CO. The van der Waals surface area contributed by atoms with Crippen molar-refractivity contribution in [1.82, 2.24) is 0 Å².